The molecule has 19 heavy (non-hydrogen) atoms. The van der Waals surface area contributed by atoms with Gasteiger partial charge in [0.25, 0.3) is 0 Å². The van der Waals surface area contributed by atoms with Crippen LogP contribution in [0, 0.1) is 6.92 Å². The fourth-order valence-electron chi connectivity index (χ4n) is 2.75. The second kappa shape index (κ2) is 7.05. The molecule has 0 radical (unpaired) electrons. The van der Waals surface area contributed by atoms with Crippen molar-refractivity contribution in [2.75, 3.05) is 45.9 Å². The van der Waals surface area contributed by atoms with E-state index in [2.05, 4.69) is 9.80 Å². The molecule has 2 rings (SSSR count). The number of aryl methyl sites for hydroxylation is 1. The first-order chi connectivity index (χ1) is 9.24. The van der Waals surface area contributed by atoms with E-state index in [-0.39, 0.29) is 12.6 Å². The first-order valence-electron chi connectivity index (χ1n) is 7.08. The summed E-state index contributed by atoms with van der Waals surface area (Å²) in [6, 6.07) is 4.19. The highest BCUT2D eigenvalue weighted by molar-refractivity contribution is 5.10. The molecule has 1 aliphatic rings. The Morgan fingerprint density at radius 1 is 1.32 bits per heavy atom. The van der Waals surface area contributed by atoms with Crippen molar-refractivity contribution >= 4 is 0 Å². The number of furan rings is 1. The van der Waals surface area contributed by atoms with Crippen molar-refractivity contribution in [1.29, 1.82) is 0 Å². The average molecular weight is 267 g/mol. The molecule has 1 fully saturated rings. The van der Waals surface area contributed by atoms with Crippen LogP contribution in [0.1, 0.15) is 24.0 Å². The summed E-state index contributed by atoms with van der Waals surface area (Å²) >= 11 is 0. The first-order valence-corrected chi connectivity index (χ1v) is 7.08. The fourth-order valence-corrected chi connectivity index (χ4v) is 2.75. The fraction of sp³-hybridized carbons (Fsp3) is 0.714. The predicted octanol–water partition coefficient (Wildman–Crippen LogP) is 0.588. The van der Waals surface area contributed by atoms with Crippen LogP contribution in [0.25, 0.3) is 0 Å². The lowest BCUT2D eigenvalue weighted by molar-refractivity contribution is 0.170. The molecule has 1 aromatic heterocycles. The van der Waals surface area contributed by atoms with Crippen molar-refractivity contribution in [2.24, 2.45) is 5.73 Å². The Labute approximate surface area is 115 Å². The van der Waals surface area contributed by atoms with Gasteiger partial charge in [0.15, 0.2) is 0 Å². The van der Waals surface area contributed by atoms with Gasteiger partial charge < -0.3 is 15.3 Å². The Balaban J connectivity index is 1.99. The summed E-state index contributed by atoms with van der Waals surface area (Å²) in [6.45, 7) is 7.57. The molecule has 0 saturated carbocycles. The minimum Gasteiger partial charge on any atom is -0.465 e. The van der Waals surface area contributed by atoms with Gasteiger partial charge in [0.05, 0.1) is 12.6 Å². The molecule has 0 amide bonds. The second-order valence-electron chi connectivity index (χ2n) is 5.15. The van der Waals surface area contributed by atoms with Crippen LogP contribution < -0.4 is 5.73 Å². The lowest BCUT2D eigenvalue weighted by Crippen LogP contribution is -2.37. The molecule has 1 aliphatic heterocycles. The molecule has 0 spiro atoms. The third-order valence-corrected chi connectivity index (χ3v) is 3.79. The van der Waals surface area contributed by atoms with E-state index in [1.807, 2.05) is 19.1 Å². The number of aliphatic hydroxyl groups is 1. The van der Waals surface area contributed by atoms with Crippen LogP contribution in [0.2, 0.25) is 0 Å². The third kappa shape index (κ3) is 3.79. The molecule has 0 aromatic carbocycles. The molecule has 1 saturated heterocycles. The van der Waals surface area contributed by atoms with Gasteiger partial charge in [0.2, 0.25) is 0 Å². The zero-order valence-electron chi connectivity index (χ0n) is 11.7. The molecule has 1 atom stereocenters. The number of rotatable bonds is 5. The molecule has 1 unspecified atom stereocenters. The highest BCUT2D eigenvalue weighted by Gasteiger charge is 2.24. The minimum atomic E-state index is 0.169. The summed E-state index contributed by atoms with van der Waals surface area (Å²) in [6.07, 6.45) is 1.11. The van der Waals surface area contributed by atoms with Crippen molar-refractivity contribution in [1.82, 2.24) is 9.80 Å². The second-order valence-corrected chi connectivity index (χ2v) is 5.15. The summed E-state index contributed by atoms with van der Waals surface area (Å²) < 4.78 is 5.73. The van der Waals surface area contributed by atoms with E-state index in [9.17, 15) is 0 Å². The predicted molar refractivity (Wildman–Crippen MR) is 75.0 cm³/mol. The molecule has 5 nitrogen and oxygen atoms in total. The molecule has 0 aliphatic carbocycles. The molecule has 2 heterocycles. The number of nitrogens with zero attached hydrogens (tertiary/aromatic N) is 2. The lowest BCUT2D eigenvalue weighted by Gasteiger charge is -2.28. The van der Waals surface area contributed by atoms with Crippen LogP contribution in [0.5, 0.6) is 0 Å². The van der Waals surface area contributed by atoms with Gasteiger partial charge in [-0.3, -0.25) is 9.80 Å². The van der Waals surface area contributed by atoms with Gasteiger partial charge in [-0.05, 0) is 32.0 Å². The van der Waals surface area contributed by atoms with Crippen molar-refractivity contribution in [3.05, 3.63) is 23.7 Å². The Kier molecular flexibility index (Phi) is 5.39. The van der Waals surface area contributed by atoms with Crippen LogP contribution >= 0.6 is 0 Å². The number of aliphatic hydroxyl groups excluding tert-OH is 1. The van der Waals surface area contributed by atoms with Crippen molar-refractivity contribution in [3.63, 3.8) is 0 Å². The van der Waals surface area contributed by atoms with E-state index in [0.717, 1.165) is 50.7 Å². The molecule has 5 heteroatoms. The van der Waals surface area contributed by atoms with Crippen molar-refractivity contribution in [2.45, 2.75) is 19.4 Å². The van der Waals surface area contributed by atoms with E-state index in [1.54, 1.807) is 0 Å². The average Bonchev–Trinajstić information content (AvgIpc) is 2.69. The van der Waals surface area contributed by atoms with Crippen LogP contribution in [0.4, 0.5) is 0 Å². The van der Waals surface area contributed by atoms with Gasteiger partial charge in [-0.15, -0.1) is 0 Å². The molecule has 0 bridgehead atoms. The van der Waals surface area contributed by atoms with Gasteiger partial charge in [0.1, 0.15) is 11.5 Å². The Hall–Kier alpha value is -0.880. The lowest BCUT2D eigenvalue weighted by atomic mass is 10.2. The largest absolute Gasteiger partial charge is 0.465 e. The summed E-state index contributed by atoms with van der Waals surface area (Å²) in [7, 11) is 0. The quantitative estimate of drug-likeness (QED) is 0.817. The first kappa shape index (κ1) is 14.5. The van der Waals surface area contributed by atoms with E-state index >= 15 is 0 Å². The van der Waals surface area contributed by atoms with Crippen LogP contribution in [-0.2, 0) is 0 Å². The van der Waals surface area contributed by atoms with Gasteiger partial charge >= 0.3 is 0 Å². The van der Waals surface area contributed by atoms with E-state index in [4.69, 9.17) is 15.3 Å². The van der Waals surface area contributed by atoms with E-state index in [0.29, 0.717) is 6.54 Å². The maximum atomic E-state index is 9.02. The Morgan fingerprint density at radius 2 is 2.16 bits per heavy atom. The summed E-state index contributed by atoms with van der Waals surface area (Å²) in [5.74, 6) is 1.90. The van der Waals surface area contributed by atoms with Crippen LogP contribution in [0.3, 0.4) is 0 Å². The SMILES string of the molecule is Cc1ccc(C(CN)N2CCCN(CCO)CC2)o1. The third-order valence-electron chi connectivity index (χ3n) is 3.79. The van der Waals surface area contributed by atoms with Crippen molar-refractivity contribution < 1.29 is 9.52 Å². The van der Waals surface area contributed by atoms with Gasteiger partial charge in [0, 0.05) is 32.7 Å². The maximum absolute atomic E-state index is 9.02. The molecule has 108 valence electrons. The van der Waals surface area contributed by atoms with Gasteiger partial charge in [-0.2, -0.15) is 0 Å². The molecule has 1 aromatic rings. The zero-order valence-corrected chi connectivity index (χ0v) is 11.7. The summed E-state index contributed by atoms with van der Waals surface area (Å²) in [5, 5.41) is 9.02. The summed E-state index contributed by atoms with van der Waals surface area (Å²) in [4.78, 5) is 4.70. The number of nitrogens with two attached hydrogens (primary N) is 1. The maximum Gasteiger partial charge on any atom is 0.122 e. The standard InChI is InChI=1S/C14H25N3O2/c1-12-3-4-14(19-12)13(11-15)17-6-2-5-16(7-8-17)9-10-18/h3-4,13,18H,2,5-11,15H2,1H3. The number of hydrogen-bond donors (Lipinski definition) is 2. The zero-order chi connectivity index (χ0) is 13.7. The Bertz CT molecular complexity index is 381. The van der Waals surface area contributed by atoms with Gasteiger partial charge in [-0.25, -0.2) is 0 Å². The molecule has 3 N–H and O–H groups in total. The highest BCUT2D eigenvalue weighted by atomic mass is 16.3. The minimum absolute atomic E-state index is 0.169. The van der Waals surface area contributed by atoms with Crippen LogP contribution in [-0.4, -0.2) is 60.8 Å². The summed E-state index contributed by atoms with van der Waals surface area (Å²) in [5.41, 5.74) is 5.93. The smallest absolute Gasteiger partial charge is 0.122 e. The monoisotopic (exact) mass is 267 g/mol. The Morgan fingerprint density at radius 3 is 2.79 bits per heavy atom. The van der Waals surface area contributed by atoms with E-state index in [1.165, 1.54) is 0 Å². The topological polar surface area (TPSA) is 65.9 Å². The highest BCUT2D eigenvalue weighted by Crippen LogP contribution is 2.23. The van der Waals surface area contributed by atoms with Crippen molar-refractivity contribution in [3.8, 4) is 0 Å². The van der Waals surface area contributed by atoms with Gasteiger partial charge in [-0.1, -0.05) is 0 Å². The number of hydrogen-bond acceptors (Lipinski definition) is 5. The normalized spacial score (nSPS) is 20.4. The van der Waals surface area contributed by atoms with E-state index < -0.39 is 0 Å². The molecular weight excluding hydrogens is 242 g/mol. The van der Waals surface area contributed by atoms with Crippen LogP contribution in [0.15, 0.2) is 16.5 Å². The molecular formula is C14H25N3O2. The number of β-amino-alcohol motifs (C(OH)–C–C–N with tert-alkyl or cyclic N) is 1.